The number of hydrogen-bond donors (Lipinski definition) is 0. The number of carbonyl (C=O) groups is 1. The van der Waals surface area contributed by atoms with Gasteiger partial charge in [-0.05, 0) is 80.5 Å². The molecule has 0 unspecified atom stereocenters. The third-order valence-corrected chi connectivity index (χ3v) is 9.59. The van der Waals surface area contributed by atoms with E-state index in [9.17, 15) is 9.36 Å². The summed E-state index contributed by atoms with van der Waals surface area (Å²) >= 11 is 0. The first-order valence-corrected chi connectivity index (χ1v) is 16.0. The van der Waals surface area contributed by atoms with Crippen LogP contribution in [0.1, 0.15) is 54.7 Å². The van der Waals surface area contributed by atoms with E-state index < -0.39 is 16.0 Å². The Labute approximate surface area is 228 Å². The van der Waals surface area contributed by atoms with Gasteiger partial charge in [-0.2, -0.15) is 0 Å². The minimum atomic E-state index is -3.27. The van der Waals surface area contributed by atoms with E-state index in [0.29, 0.717) is 32.0 Å². The molecule has 0 radical (unpaired) electrons. The molecule has 38 heavy (non-hydrogen) atoms. The van der Waals surface area contributed by atoms with Crippen molar-refractivity contribution >= 4 is 21.5 Å². The zero-order chi connectivity index (χ0) is 27.7. The SMILES string of the molecule is CCOP(OCC)C(=O)c1ccccc1-c1cc(C)c(-c2ccccc2CP(=O)(OCC)OCC)cc1C. The van der Waals surface area contributed by atoms with Gasteiger partial charge in [0, 0.05) is 5.56 Å². The molecule has 0 spiro atoms. The Morgan fingerprint density at radius 2 is 1.21 bits per heavy atom. The summed E-state index contributed by atoms with van der Waals surface area (Å²) in [4.78, 5) is 13.4. The van der Waals surface area contributed by atoms with E-state index in [-0.39, 0.29) is 11.7 Å². The lowest BCUT2D eigenvalue weighted by Crippen LogP contribution is -2.05. The van der Waals surface area contributed by atoms with Crippen LogP contribution in [0.2, 0.25) is 0 Å². The number of aryl methyl sites for hydroxylation is 2. The third-order valence-electron chi connectivity index (χ3n) is 6.00. The van der Waals surface area contributed by atoms with Crippen LogP contribution >= 0.6 is 16.0 Å². The quantitative estimate of drug-likeness (QED) is 0.185. The van der Waals surface area contributed by atoms with Gasteiger partial charge >= 0.3 is 7.60 Å². The van der Waals surface area contributed by atoms with E-state index in [1.807, 2.05) is 83.1 Å². The van der Waals surface area contributed by atoms with Crippen molar-refractivity contribution in [3.63, 3.8) is 0 Å². The highest BCUT2D eigenvalue weighted by Crippen LogP contribution is 2.52. The Morgan fingerprint density at radius 1 is 0.711 bits per heavy atom. The monoisotopic (exact) mass is 556 g/mol. The number of hydrogen-bond acceptors (Lipinski definition) is 6. The van der Waals surface area contributed by atoms with Gasteiger partial charge in [-0.15, -0.1) is 0 Å². The minimum absolute atomic E-state index is 0.131. The molecule has 0 saturated carbocycles. The first kappa shape index (κ1) is 30.4. The molecular formula is C30H38O6P2. The summed E-state index contributed by atoms with van der Waals surface area (Å²) in [6.07, 6.45) is 0.195. The Hall–Kier alpha value is -2.17. The molecule has 0 aliphatic heterocycles. The zero-order valence-corrected chi connectivity index (χ0v) is 24.9. The van der Waals surface area contributed by atoms with Crippen molar-refractivity contribution in [3.05, 3.63) is 82.9 Å². The molecule has 3 rings (SSSR count). The summed E-state index contributed by atoms with van der Waals surface area (Å²) < 4.78 is 35.8. The molecule has 0 fully saturated rings. The third kappa shape index (κ3) is 7.27. The smallest absolute Gasteiger partial charge is 0.329 e. The standard InChI is InChI=1S/C30H38O6P2/c1-7-33-37(34-8-2)30(31)27-18-14-13-17-26(27)29-20-22(5)28(19-23(29)6)25-16-12-11-15-24(25)21-38(32,35-9-3)36-10-4/h11-20H,7-10,21H2,1-6H3. The second kappa shape index (κ2) is 14.3. The van der Waals surface area contributed by atoms with Crippen molar-refractivity contribution in [3.8, 4) is 22.3 Å². The molecule has 6 nitrogen and oxygen atoms in total. The highest BCUT2D eigenvalue weighted by atomic mass is 31.2. The average Bonchev–Trinajstić information content (AvgIpc) is 2.90. The number of benzene rings is 3. The topological polar surface area (TPSA) is 71.1 Å². The van der Waals surface area contributed by atoms with E-state index in [4.69, 9.17) is 18.1 Å². The highest BCUT2D eigenvalue weighted by Gasteiger charge is 2.27. The largest absolute Gasteiger partial charge is 0.335 e. The molecule has 0 atom stereocenters. The molecule has 0 saturated heterocycles. The summed E-state index contributed by atoms with van der Waals surface area (Å²) in [6.45, 7) is 12.9. The van der Waals surface area contributed by atoms with Crippen LogP contribution in [0.3, 0.4) is 0 Å². The van der Waals surface area contributed by atoms with E-state index in [1.54, 1.807) is 0 Å². The van der Waals surface area contributed by atoms with Gasteiger partial charge in [0.1, 0.15) is 0 Å². The van der Waals surface area contributed by atoms with Crippen molar-refractivity contribution in [1.29, 1.82) is 0 Å². The highest BCUT2D eigenvalue weighted by molar-refractivity contribution is 7.67. The lowest BCUT2D eigenvalue weighted by molar-refractivity contribution is 0.104. The molecular weight excluding hydrogens is 518 g/mol. The molecule has 0 aliphatic rings. The number of carbonyl (C=O) groups excluding carboxylic acids is 1. The van der Waals surface area contributed by atoms with Crippen LogP contribution in [0, 0.1) is 13.8 Å². The molecule has 0 N–H and O–H groups in total. The van der Waals surface area contributed by atoms with Crippen molar-refractivity contribution in [1.82, 2.24) is 0 Å². The van der Waals surface area contributed by atoms with E-state index in [2.05, 4.69) is 19.1 Å². The maximum atomic E-state index is 13.4. The Bertz CT molecular complexity index is 1270. The predicted octanol–water partition coefficient (Wildman–Crippen LogP) is 8.93. The second-order valence-corrected chi connectivity index (χ2v) is 12.2. The van der Waals surface area contributed by atoms with Gasteiger partial charge in [0.15, 0.2) is 0 Å². The maximum Gasteiger partial charge on any atom is 0.335 e. The molecule has 0 aromatic heterocycles. The van der Waals surface area contributed by atoms with Gasteiger partial charge in [0.25, 0.3) is 0 Å². The second-order valence-electron chi connectivity index (χ2n) is 8.69. The molecule has 0 amide bonds. The minimum Gasteiger partial charge on any atom is -0.329 e. The normalized spacial score (nSPS) is 11.8. The zero-order valence-electron chi connectivity index (χ0n) is 23.2. The molecule has 3 aromatic rings. The lowest BCUT2D eigenvalue weighted by atomic mass is 9.89. The summed E-state index contributed by atoms with van der Waals surface area (Å²) in [5.74, 6) is 0. The predicted molar refractivity (Wildman–Crippen MR) is 156 cm³/mol. The van der Waals surface area contributed by atoms with Crippen LogP contribution in [-0.4, -0.2) is 32.0 Å². The van der Waals surface area contributed by atoms with Gasteiger partial charge in [-0.1, -0.05) is 60.7 Å². The van der Waals surface area contributed by atoms with Crippen molar-refractivity contribution < 1.29 is 27.5 Å². The van der Waals surface area contributed by atoms with Crippen molar-refractivity contribution in [2.75, 3.05) is 26.4 Å². The fourth-order valence-corrected chi connectivity index (χ4v) is 7.35. The van der Waals surface area contributed by atoms with Gasteiger partial charge in [0.05, 0.1) is 32.6 Å². The van der Waals surface area contributed by atoms with Crippen LogP contribution in [0.25, 0.3) is 22.3 Å². The molecule has 8 heteroatoms. The van der Waals surface area contributed by atoms with Gasteiger partial charge in [-0.3, -0.25) is 9.36 Å². The summed E-state index contributed by atoms with van der Waals surface area (Å²) in [6, 6.07) is 19.8. The Morgan fingerprint density at radius 3 is 1.76 bits per heavy atom. The first-order valence-electron chi connectivity index (χ1n) is 13.1. The fraction of sp³-hybridized carbons (Fsp3) is 0.367. The van der Waals surface area contributed by atoms with Gasteiger partial charge < -0.3 is 18.1 Å². The molecule has 3 aromatic carbocycles. The van der Waals surface area contributed by atoms with E-state index in [0.717, 1.165) is 38.9 Å². The first-order chi connectivity index (χ1) is 18.3. The van der Waals surface area contributed by atoms with Crippen molar-refractivity contribution in [2.45, 2.75) is 47.7 Å². The van der Waals surface area contributed by atoms with Gasteiger partial charge in [-0.25, -0.2) is 0 Å². The summed E-state index contributed by atoms with van der Waals surface area (Å²) in [7, 11) is -4.95. The molecule has 0 bridgehead atoms. The molecule has 0 aliphatic carbocycles. The summed E-state index contributed by atoms with van der Waals surface area (Å²) in [5, 5.41) is 0. The van der Waals surface area contributed by atoms with Crippen LogP contribution in [0.15, 0.2) is 60.7 Å². The summed E-state index contributed by atoms with van der Waals surface area (Å²) in [5.41, 5.74) is 7.28. The van der Waals surface area contributed by atoms with Crippen LogP contribution in [-0.2, 0) is 28.8 Å². The van der Waals surface area contributed by atoms with Gasteiger partial charge in [0.2, 0.25) is 13.9 Å². The Balaban J connectivity index is 2.06. The Kier molecular flexibility index (Phi) is 11.4. The van der Waals surface area contributed by atoms with Crippen molar-refractivity contribution in [2.24, 2.45) is 0 Å². The van der Waals surface area contributed by atoms with Crippen LogP contribution in [0.5, 0.6) is 0 Å². The molecule has 204 valence electrons. The van der Waals surface area contributed by atoms with Crippen LogP contribution in [0.4, 0.5) is 0 Å². The fourth-order valence-electron chi connectivity index (χ4n) is 4.44. The van der Waals surface area contributed by atoms with E-state index in [1.165, 1.54) is 0 Å². The maximum absolute atomic E-state index is 13.4. The van der Waals surface area contributed by atoms with E-state index >= 15 is 0 Å². The average molecular weight is 557 g/mol. The van der Waals surface area contributed by atoms with Crippen LogP contribution < -0.4 is 0 Å². The molecule has 0 heterocycles. The lowest BCUT2D eigenvalue weighted by Gasteiger charge is -2.21. The number of rotatable bonds is 14.